The molecule has 2 nitrogen and oxygen atoms in total. The summed E-state index contributed by atoms with van der Waals surface area (Å²) in [4.78, 5) is 3.69. The van der Waals surface area contributed by atoms with Gasteiger partial charge in [-0.25, -0.2) is 0 Å². The van der Waals surface area contributed by atoms with Crippen LogP contribution in [-0.2, 0) is 0 Å². The van der Waals surface area contributed by atoms with Crippen molar-refractivity contribution in [2.24, 2.45) is 4.99 Å². The normalized spacial score (nSPS) is 10.3. The van der Waals surface area contributed by atoms with Crippen molar-refractivity contribution in [3.05, 3.63) is 35.5 Å². The van der Waals surface area contributed by atoms with Crippen LogP contribution in [-0.4, -0.2) is 13.8 Å². The summed E-state index contributed by atoms with van der Waals surface area (Å²) in [5, 5.41) is 3.13. The van der Waals surface area contributed by atoms with Crippen molar-refractivity contribution >= 4 is 18.5 Å². The highest BCUT2D eigenvalue weighted by Gasteiger charge is 1.98. The number of hydrogen-bond acceptors (Lipinski definition) is 2. The zero-order valence-electron chi connectivity index (χ0n) is 8.04. The monoisotopic (exact) mass is 174 g/mol. The third kappa shape index (κ3) is 2.18. The van der Waals surface area contributed by atoms with Crippen molar-refractivity contribution in [1.82, 2.24) is 0 Å². The fourth-order valence-electron chi connectivity index (χ4n) is 1.25. The van der Waals surface area contributed by atoms with E-state index in [1.54, 1.807) is 6.20 Å². The van der Waals surface area contributed by atoms with E-state index in [9.17, 15) is 0 Å². The Morgan fingerprint density at radius 2 is 2.23 bits per heavy atom. The lowest BCUT2D eigenvalue weighted by molar-refractivity contribution is 1.40. The smallest absolute Gasteiger partial charge is 0.0414 e. The summed E-state index contributed by atoms with van der Waals surface area (Å²) in [6, 6.07) is 6.14. The Bertz CT molecular complexity index is 327. The second kappa shape index (κ2) is 4.45. The van der Waals surface area contributed by atoms with E-state index in [1.807, 2.05) is 25.3 Å². The van der Waals surface area contributed by atoms with Crippen molar-refractivity contribution in [2.45, 2.75) is 6.92 Å². The Balaban J connectivity index is 3.14. The van der Waals surface area contributed by atoms with Crippen molar-refractivity contribution in [3.63, 3.8) is 0 Å². The summed E-state index contributed by atoms with van der Waals surface area (Å²) < 4.78 is 0. The maximum Gasteiger partial charge on any atom is 0.0414 e. The van der Waals surface area contributed by atoms with Gasteiger partial charge in [-0.15, -0.1) is 0 Å². The van der Waals surface area contributed by atoms with Crippen LogP contribution in [0.2, 0.25) is 0 Å². The first-order chi connectivity index (χ1) is 6.29. The first kappa shape index (κ1) is 9.52. The molecule has 0 amide bonds. The number of hydrogen-bond donors (Lipinski definition) is 1. The summed E-state index contributed by atoms with van der Waals surface area (Å²) in [5.74, 6) is 0. The largest absolute Gasteiger partial charge is 0.388 e. The molecule has 1 N–H and O–H groups in total. The van der Waals surface area contributed by atoms with Gasteiger partial charge in [0.05, 0.1) is 0 Å². The second-order valence-electron chi connectivity index (χ2n) is 2.78. The molecule has 0 fully saturated rings. The van der Waals surface area contributed by atoms with Crippen molar-refractivity contribution in [2.75, 3.05) is 12.4 Å². The van der Waals surface area contributed by atoms with E-state index >= 15 is 0 Å². The number of aryl methyl sites for hydroxylation is 1. The third-order valence-electron chi connectivity index (χ3n) is 1.94. The van der Waals surface area contributed by atoms with Crippen molar-refractivity contribution in [1.29, 1.82) is 0 Å². The highest BCUT2D eigenvalue weighted by molar-refractivity contribution is 5.69. The fourth-order valence-corrected chi connectivity index (χ4v) is 1.25. The third-order valence-corrected chi connectivity index (χ3v) is 1.94. The van der Waals surface area contributed by atoms with E-state index in [0.29, 0.717) is 0 Å². The molecule has 0 bridgehead atoms. The van der Waals surface area contributed by atoms with Crippen molar-refractivity contribution < 1.29 is 0 Å². The van der Waals surface area contributed by atoms with Crippen LogP contribution >= 0.6 is 0 Å². The molecule has 0 unspecified atom stereocenters. The maximum atomic E-state index is 3.69. The van der Waals surface area contributed by atoms with Crippen molar-refractivity contribution in [3.8, 4) is 0 Å². The molecule has 0 saturated heterocycles. The minimum Gasteiger partial charge on any atom is -0.388 e. The van der Waals surface area contributed by atoms with Gasteiger partial charge >= 0.3 is 0 Å². The van der Waals surface area contributed by atoms with E-state index in [1.165, 1.54) is 5.56 Å². The van der Waals surface area contributed by atoms with Gasteiger partial charge in [0.2, 0.25) is 0 Å². The summed E-state index contributed by atoms with van der Waals surface area (Å²) in [5.41, 5.74) is 3.50. The van der Waals surface area contributed by atoms with Crippen LogP contribution in [0.5, 0.6) is 0 Å². The Kier molecular flexibility index (Phi) is 3.26. The van der Waals surface area contributed by atoms with Gasteiger partial charge in [0.15, 0.2) is 0 Å². The Labute approximate surface area is 79.0 Å². The number of nitrogens with one attached hydrogen (secondary N) is 1. The highest BCUT2D eigenvalue weighted by atomic mass is 14.8. The predicted molar refractivity (Wildman–Crippen MR) is 59.3 cm³/mol. The van der Waals surface area contributed by atoms with Crippen LogP contribution in [0.3, 0.4) is 0 Å². The van der Waals surface area contributed by atoms with E-state index in [4.69, 9.17) is 0 Å². The molecule has 1 rings (SSSR count). The lowest BCUT2D eigenvalue weighted by Gasteiger charge is -2.07. The lowest BCUT2D eigenvalue weighted by Crippen LogP contribution is -1.92. The molecule has 0 spiro atoms. The van der Waals surface area contributed by atoms with Crippen LogP contribution in [0.25, 0.3) is 6.08 Å². The van der Waals surface area contributed by atoms with Gasteiger partial charge in [-0.2, -0.15) is 0 Å². The van der Waals surface area contributed by atoms with E-state index < -0.39 is 0 Å². The molecule has 0 aromatic heterocycles. The summed E-state index contributed by atoms with van der Waals surface area (Å²) in [7, 11) is 1.91. The van der Waals surface area contributed by atoms with Crippen LogP contribution in [0.1, 0.15) is 11.1 Å². The molecule has 0 aliphatic carbocycles. The zero-order valence-corrected chi connectivity index (χ0v) is 8.04. The molecular formula is C11H14N2. The van der Waals surface area contributed by atoms with E-state index in [0.717, 1.165) is 11.3 Å². The Morgan fingerprint density at radius 1 is 1.46 bits per heavy atom. The highest BCUT2D eigenvalue weighted by Crippen LogP contribution is 2.20. The average molecular weight is 174 g/mol. The van der Waals surface area contributed by atoms with Gasteiger partial charge in [0.25, 0.3) is 0 Å². The minimum absolute atomic E-state index is 1.11. The Hall–Kier alpha value is -1.57. The van der Waals surface area contributed by atoms with Gasteiger partial charge in [-0.1, -0.05) is 12.1 Å². The van der Waals surface area contributed by atoms with Crippen LogP contribution in [0.15, 0.2) is 29.4 Å². The van der Waals surface area contributed by atoms with E-state index in [-0.39, 0.29) is 0 Å². The molecular weight excluding hydrogens is 160 g/mol. The zero-order chi connectivity index (χ0) is 9.68. The topological polar surface area (TPSA) is 24.4 Å². The van der Waals surface area contributed by atoms with Crippen LogP contribution in [0, 0.1) is 6.92 Å². The van der Waals surface area contributed by atoms with Gasteiger partial charge in [0, 0.05) is 24.5 Å². The first-order valence-corrected chi connectivity index (χ1v) is 4.19. The average Bonchev–Trinajstić information content (AvgIpc) is 2.15. The summed E-state index contributed by atoms with van der Waals surface area (Å²) in [6.45, 7) is 5.48. The molecule has 0 heterocycles. The quantitative estimate of drug-likeness (QED) is 0.700. The van der Waals surface area contributed by atoms with Gasteiger partial charge in [-0.05, 0) is 31.3 Å². The SMILES string of the molecule is C=N/C=C\c1c(C)cccc1NC. The fraction of sp³-hybridized carbons (Fsp3) is 0.182. The molecule has 13 heavy (non-hydrogen) atoms. The Morgan fingerprint density at radius 3 is 2.85 bits per heavy atom. The van der Waals surface area contributed by atoms with Crippen LogP contribution in [0.4, 0.5) is 5.69 Å². The predicted octanol–water partition coefficient (Wildman–Crippen LogP) is 2.71. The van der Waals surface area contributed by atoms with Gasteiger partial charge < -0.3 is 5.32 Å². The molecule has 1 aromatic rings. The summed E-state index contributed by atoms with van der Waals surface area (Å²) >= 11 is 0. The molecule has 0 atom stereocenters. The molecule has 2 heteroatoms. The number of nitrogens with zero attached hydrogens (tertiary/aromatic N) is 1. The maximum absolute atomic E-state index is 3.69. The molecule has 0 radical (unpaired) electrons. The lowest BCUT2D eigenvalue weighted by atomic mass is 10.1. The van der Waals surface area contributed by atoms with Gasteiger partial charge in [0.1, 0.15) is 0 Å². The van der Waals surface area contributed by atoms with E-state index in [2.05, 4.69) is 30.0 Å². The molecule has 1 aromatic carbocycles. The van der Waals surface area contributed by atoms with Crippen LogP contribution < -0.4 is 5.32 Å². The molecule has 0 aliphatic heterocycles. The first-order valence-electron chi connectivity index (χ1n) is 4.19. The molecule has 68 valence electrons. The standard InChI is InChI=1S/C11H14N2/c1-9-5-4-6-11(13-3)10(9)7-8-12-2/h4-8,13H,2H2,1,3H3/b8-7-. The van der Waals surface area contributed by atoms with Gasteiger partial charge in [-0.3, -0.25) is 4.99 Å². The number of anilines is 1. The summed E-state index contributed by atoms with van der Waals surface area (Å²) in [6.07, 6.45) is 3.65. The number of aliphatic imine (C=N–C) groups is 1. The molecule has 0 aliphatic rings. The minimum atomic E-state index is 1.11. The second-order valence-corrected chi connectivity index (χ2v) is 2.78. The number of benzene rings is 1. The number of rotatable bonds is 3. The molecule has 0 saturated carbocycles.